The van der Waals surface area contributed by atoms with Crippen LogP contribution in [-0.4, -0.2) is 52.3 Å². The number of aliphatic carboxylic acids is 1. The summed E-state index contributed by atoms with van der Waals surface area (Å²) in [4.78, 5) is 24.2. The minimum absolute atomic E-state index is 0.00932. The van der Waals surface area contributed by atoms with Crippen LogP contribution in [0.1, 0.15) is 31.2 Å². The number of nitrogens with zero attached hydrogens (tertiary/aromatic N) is 1. The smallest absolute Gasteiger partial charge is 0.306 e. The molecule has 1 aliphatic rings. The molecule has 2 atom stereocenters. The number of carbonyl (C=O) groups excluding carboxylic acids is 1. The van der Waals surface area contributed by atoms with Gasteiger partial charge in [0.2, 0.25) is 5.91 Å². The number of aliphatic hydroxyl groups is 1. The Kier molecular flexibility index (Phi) is 7.77. The van der Waals surface area contributed by atoms with Crippen LogP contribution in [0.2, 0.25) is 0 Å². The zero-order valence-corrected chi connectivity index (χ0v) is 14.5. The summed E-state index contributed by atoms with van der Waals surface area (Å²) >= 11 is 0. The average Bonchev–Trinajstić information content (AvgIpc) is 3.10. The van der Waals surface area contributed by atoms with E-state index in [0.29, 0.717) is 12.8 Å². The number of hydrogen-bond acceptors (Lipinski definition) is 5. The number of likely N-dealkylation sites (tertiary alicyclic amines) is 1. The fraction of sp³-hybridized carbons (Fsp3) is 0.474. The van der Waals surface area contributed by atoms with E-state index in [1.54, 1.807) is 29.6 Å². The lowest BCUT2D eigenvalue weighted by atomic mass is 10.00. The Hall–Kier alpha value is -2.72. The van der Waals surface area contributed by atoms with Gasteiger partial charge in [0, 0.05) is 12.8 Å². The van der Waals surface area contributed by atoms with Crippen LogP contribution in [0.25, 0.3) is 0 Å². The summed E-state index contributed by atoms with van der Waals surface area (Å²) in [5, 5.41) is 18.6. The van der Waals surface area contributed by atoms with Crippen molar-refractivity contribution in [3.05, 3.63) is 36.3 Å². The summed E-state index contributed by atoms with van der Waals surface area (Å²) < 4.78 is 9.89. The molecular formula is C19H23NO6. The van der Waals surface area contributed by atoms with E-state index in [2.05, 4.69) is 12.0 Å². The van der Waals surface area contributed by atoms with Crippen molar-refractivity contribution in [2.75, 3.05) is 13.2 Å². The number of piperidine rings is 1. The molecule has 0 aliphatic carbocycles. The molecule has 0 saturated carbocycles. The second kappa shape index (κ2) is 10.3. The number of carboxylic acids is 1. The van der Waals surface area contributed by atoms with Crippen LogP contribution in [-0.2, 0) is 20.7 Å². The van der Waals surface area contributed by atoms with Gasteiger partial charge in [-0.2, -0.15) is 0 Å². The first-order chi connectivity index (χ1) is 12.6. The molecule has 0 bridgehead atoms. The summed E-state index contributed by atoms with van der Waals surface area (Å²) in [6.45, 7) is 0.221. The molecule has 7 nitrogen and oxygen atoms in total. The largest absolute Gasteiger partial charge is 0.481 e. The van der Waals surface area contributed by atoms with Crippen LogP contribution in [0.4, 0.5) is 0 Å². The normalized spacial score (nSPS) is 18.4. The molecule has 1 fully saturated rings. The van der Waals surface area contributed by atoms with Crippen LogP contribution < -0.4 is 0 Å². The maximum atomic E-state index is 12.1. The molecule has 0 aromatic carbocycles. The summed E-state index contributed by atoms with van der Waals surface area (Å²) in [6, 6.07) is 1.68. The molecule has 1 saturated heterocycles. The second-order valence-electron chi connectivity index (χ2n) is 6.04. The van der Waals surface area contributed by atoms with E-state index in [-0.39, 0.29) is 31.5 Å². The molecule has 26 heavy (non-hydrogen) atoms. The maximum absolute atomic E-state index is 12.1. The number of carboxylic acid groups (broad SMARTS) is 1. The summed E-state index contributed by atoms with van der Waals surface area (Å²) in [7, 11) is 0. The fourth-order valence-corrected chi connectivity index (χ4v) is 2.69. The van der Waals surface area contributed by atoms with Crippen molar-refractivity contribution < 1.29 is 29.0 Å². The quantitative estimate of drug-likeness (QED) is 0.414. The predicted molar refractivity (Wildman–Crippen MR) is 92.9 cm³/mol. The average molecular weight is 361 g/mol. The van der Waals surface area contributed by atoms with E-state index < -0.39 is 12.1 Å². The number of amides is 1. The van der Waals surface area contributed by atoms with Gasteiger partial charge in [0.1, 0.15) is 12.7 Å². The van der Waals surface area contributed by atoms with Gasteiger partial charge in [-0.15, -0.1) is 0 Å². The molecule has 2 N–H and O–H groups in total. The van der Waals surface area contributed by atoms with Crippen LogP contribution in [0.5, 0.6) is 0 Å². The van der Waals surface area contributed by atoms with Gasteiger partial charge in [-0.1, -0.05) is 12.2 Å². The number of aliphatic hydroxyl groups excluding tert-OH is 1. The zero-order chi connectivity index (χ0) is 18.8. The molecule has 1 aromatic heterocycles. The molecule has 1 aromatic rings. The highest BCUT2D eigenvalue weighted by atomic mass is 16.5. The van der Waals surface area contributed by atoms with Crippen molar-refractivity contribution in [3.8, 4) is 12.0 Å². The first-order valence-electron chi connectivity index (χ1n) is 8.54. The first-order valence-corrected chi connectivity index (χ1v) is 8.54. The van der Waals surface area contributed by atoms with Gasteiger partial charge in [-0.05, 0) is 30.4 Å². The van der Waals surface area contributed by atoms with Crippen molar-refractivity contribution in [2.24, 2.45) is 0 Å². The Morgan fingerprint density at radius 2 is 2.38 bits per heavy atom. The molecule has 2 rings (SSSR count). The summed E-state index contributed by atoms with van der Waals surface area (Å²) in [6.07, 6.45) is 10.9. The topological polar surface area (TPSA) is 100 Å². The van der Waals surface area contributed by atoms with Crippen molar-refractivity contribution in [1.82, 2.24) is 4.90 Å². The zero-order valence-electron chi connectivity index (χ0n) is 14.5. The van der Waals surface area contributed by atoms with Gasteiger partial charge < -0.3 is 24.3 Å². The van der Waals surface area contributed by atoms with E-state index in [4.69, 9.17) is 14.3 Å². The van der Waals surface area contributed by atoms with Crippen LogP contribution in [0.15, 0.2) is 35.2 Å². The number of rotatable bonds is 8. The lowest BCUT2D eigenvalue weighted by molar-refractivity contribution is -0.137. The van der Waals surface area contributed by atoms with Crippen molar-refractivity contribution in [3.63, 3.8) is 0 Å². The predicted octanol–water partition coefficient (Wildman–Crippen LogP) is 1.57. The molecule has 0 spiro atoms. The Bertz CT molecular complexity index is 670. The van der Waals surface area contributed by atoms with Gasteiger partial charge in [0.05, 0.1) is 37.6 Å². The van der Waals surface area contributed by atoms with Crippen molar-refractivity contribution in [2.45, 2.75) is 44.2 Å². The third kappa shape index (κ3) is 6.65. The Labute approximate surface area is 152 Å². The number of furan rings is 1. The molecular weight excluding hydrogens is 338 g/mol. The molecule has 1 aliphatic heterocycles. The van der Waals surface area contributed by atoms with E-state index in [1.165, 1.54) is 0 Å². The van der Waals surface area contributed by atoms with E-state index in [9.17, 15) is 14.7 Å². The van der Waals surface area contributed by atoms with Gasteiger partial charge in [-0.25, -0.2) is 0 Å². The highest BCUT2D eigenvalue weighted by molar-refractivity contribution is 5.77. The minimum Gasteiger partial charge on any atom is -0.481 e. The Morgan fingerprint density at radius 1 is 1.54 bits per heavy atom. The first kappa shape index (κ1) is 19.6. The SMILES string of the molecule is O=C(O)CCOC#CCN1C(=O)CCC[C@@H]1/C=C/C(O)Cc1ccoc1. The lowest BCUT2D eigenvalue weighted by Gasteiger charge is -2.32. The second-order valence-corrected chi connectivity index (χ2v) is 6.04. The lowest BCUT2D eigenvalue weighted by Crippen LogP contribution is -2.42. The molecule has 1 unspecified atom stereocenters. The molecule has 7 heteroatoms. The van der Waals surface area contributed by atoms with Crippen LogP contribution in [0, 0.1) is 12.0 Å². The van der Waals surface area contributed by atoms with E-state index in [0.717, 1.165) is 18.4 Å². The minimum atomic E-state index is -0.947. The van der Waals surface area contributed by atoms with Crippen molar-refractivity contribution in [1.29, 1.82) is 0 Å². The number of hydrogen-bond donors (Lipinski definition) is 2. The standard InChI is InChI=1S/C19H23NO6/c21-17(13-15-7-11-26-14-15)6-5-16-3-1-4-18(22)20(16)9-2-10-25-12-8-19(23)24/h5-7,11,14,16-17,21H,1,3-4,8-9,12-13H2,(H,23,24)/b6-5+/t16-,17?/m1/s1. The summed E-state index contributed by atoms with van der Waals surface area (Å²) in [5.41, 5.74) is 0.906. The highest BCUT2D eigenvalue weighted by Crippen LogP contribution is 2.19. The Morgan fingerprint density at radius 3 is 3.12 bits per heavy atom. The van der Waals surface area contributed by atoms with Gasteiger partial charge >= 0.3 is 5.97 Å². The van der Waals surface area contributed by atoms with Gasteiger partial charge in [-0.3, -0.25) is 9.59 Å². The van der Waals surface area contributed by atoms with Gasteiger partial charge in [0.15, 0.2) is 0 Å². The molecule has 140 valence electrons. The third-order valence-corrected chi connectivity index (χ3v) is 4.00. The molecule has 2 heterocycles. The molecule has 1 amide bonds. The fourth-order valence-electron chi connectivity index (χ4n) is 2.69. The third-order valence-electron chi connectivity index (χ3n) is 4.00. The monoisotopic (exact) mass is 361 g/mol. The van der Waals surface area contributed by atoms with Crippen LogP contribution in [0.3, 0.4) is 0 Å². The van der Waals surface area contributed by atoms with Gasteiger partial charge in [0.25, 0.3) is 0 Å². The van der Waals surface area contributed by atoms with E-state index in [1.807, 2.05) is 6.08 Å². The number of ether oxygens (including phenoxy) is 1. The molecule has 0 radical (unpaired) electrons. The van der Waals surface area contributed by atoms with E-state index >= 15 is 0 Å². The van der Waals surface area contributed by atoms with Crippen molar-refractivity contribution >= 4 is 11.9 Å². The van der Waals surface area contributed by atoms with Crippen LogP contribution >= 0.6 is 0 Å². The number of carbonyl (C=O) groups is 2. The highest BCUT2D eigenvalue weighted by Gasteiger charge is 2.25. The summed E-state index contributed by atoms with van der Waals surface area (Å²) in [5.74, 6) is 1.81. The maximum Gasteiger partial charge on any atom is 0.306 e. The Balaban J connectivity index is 1.86.